The summed E-state index contributed by atoms with van der Waals surface area (Å²) in [6, 6.07) is 0. The zero-order chi connectivity index (χ0) is 22.0. The fraction of sp³-hybridized carbons (Fsp3) is 0.857. The summed E-state index contributed by atoms with van der Waals surface area (Å²) in [5, 5.41) is 34.3. The third kappa shape index (κ3) is 37.5. The molecule has 0 spiro atoms. The molecule has 0 fully saturated rings. The maximum Gasteiger partial charge on any atom is 0.524 e. The van der Waals surface area contributed by atoms with E-state index in [2.05, 4.69) is 4.52 Å². The Labute approximate surface area is 169 Å². The Morgan fingerprint density at radius 2 is 1.26 bits per heavy atom. The van der Waals surface area contributed by atoms with E-state index in [4.69, 9.17) is 62.9 Å². The Bertz CT molecular complexity index is 381. The van der Waals surface area contributed by atoms with Gasteiger partial charge in [0.1, 0.15) is 10.8 Å². The molecule has 0 aliphatic carbocycles. The molecule has 0 amide bonds. The van der Waals surface area contributed by atoms with Crippen molar-refractivity contribution in [2.45, 2.75) is 52.1 Å². The highest BCUT2D eigenvalue weighted by Gasteiger charge is 2.11. The number of rotatable bonds is 10. The van der Waals surface area contributed by atoms with Gasteiger partial charge in [-0.3, -0.25) is 9.79 Å². The third-order valence-electron chi connectivity index (χ3n) is 2.04. The van der Waals surface area contributed by atoms with E-state index in [0.29, 0.717) is 19.5 Å². The lowest BCUT2D eigenvalue weighted by Gasteiger charge is -2.10. The Morgan fingerprint density at radius 3 is 1.41 bits per heavy atom. The number of halogens is 2. The predicted octanol–water partition coefficient (Wildman–Crippen LogP) is 0.901. The van der Waals surface area contributed by atoms with Crippen LogP contribution in [0.15, 0.2) is 10.8 Å². The molecule has 27 heavy (non-hydrogen) atoms. The van der Waals surface area contributed by atoms with Crippen LogP contribution < -0.4 is 0 Å². The monoisotopic (exact) mass is 460 g/mol. The van der Waals surface area contributed by atoms with E-state index < -0.39 is 20.0 Å². The van der Waals surface area contributed by atoms with Crippen molar-refractivity contribution in [2.75, 3.05) is 26.4 Å². The summed E-state index contributed by atoms with van der Waals surface area (Å²) in [5.41, 5.74) is 0. The quantitative estimate of drug-likeness (QED) is 0.203. The van der Waals surface area contributed by atoms with Crippen LogP contribution in [0.25, 0.3) is 0 Å². The van der Waals surface area contributed by atoms with Crippen LogP contribution >= 0.6 is 31.0 Å². The van der Waals surface area contributed by atoms with Crippen LogP contribution in [0.5, 0.6) is 0 Å². The van der Waals surface area contributed by atoms with Crippen LogP contribution in [-0.2, 0) is 18.6 Å². The molecule has 0 saturated carbocycles. The summed E-state index contributed by atoms with van der Waals surface area (Å²) in [4.78, 5) is 16.0. The van der Waals surface area contributed by atoms with Gasteiger partial charge in [0.2, 0.25) is 0 Å². The summed E-state index contributed by atoms with van der Waals surface area (Å²) in [6.07, 6.45) is -0.665. The minimum atomic E-state index is -4.46. The van der Waals surface area contributed by atoms with Crippen molar-refractivity contribution in [3.05, 3.63) is 10.8 Å². The molecule has 0 radical (unpaired) electrons. The van der Waals surface area contributed by atoms with E-state index in [0.717, 1.165) is 0 Å². The first kappa shape index (κ1) is 31.7. The second-order valence-electron chi connectivity index (χ2n) is 5.35. The van der Waals surface area contributed by atoms with Gasteiger partial charge in [-0.2, -0.15) is 0 Å². The molecule has 0 heterocycles. The molecule has 0 saturated heterocycles. The van der Waals surface area contributed by atoms with E-state index in [1.165, 1.54) is 0 Å². The number of hydrogen-bond donors (Lipinski definition) is 6. The van der Waals surface area contributed by atoms with E-state index in [1.807, 2.05) is 0 Å². The topological polar surface area (TPSA) is 166 Å². The first-order chi connectivity index (χ1) is 12.2. The molecule has 4 atom stereocenters. The van der Waals surface area contributed by atoms with Crippen molar-refractivity contribution < 1.29 is 48.8 Å². The van der Waals surface area contributed by atoms with Gasteiger partial charge in [0.25, 0.3) is 0 Å². The van der Waals surface area contributed by atoms with Crippen LogP contribution in [0.4, 0.5) is 0 Å². The molecule has 166 valence electrons. The Hall–Kier alpha value is 0.0300. The number of phosphoric ester groups is 1. The fourth-order valence-corrected chi connectivity index (χ4v) is 1.28. The van der Waals surface area contributed by atoms with Gasteiger partial charge in [-0.1, -0.05) is 23.2 Å². The molecule has 0 aliphatic rings. The molecule has 0 aromatic carbocycles. The van der Waals surface area contributed by atoms with Gasteiger partial charge >= 0.3 is 7.82 Å². The van der Waals surface area contributed by atoms with Gasteiger partial charge in [-0.25, -0.2) is 4.57 Å². The summed E-state index contributed by atoms with van der Waals surface area (Å²) >= 11 is 9.88. The number of aliphatic hydroxyl groups is 4. The molecule has 6 N–H and O–H groups in total. The number of aliphatic hydroxyl groups excluding tert-OH is 4. The lowest BCUT2D eigenvalue weighted by atomic mass is 10.4. The maximum atomic E-state index is 9.85. The molecule has 4 unspecified atom stereocenters. The van der Waals surface area contributed by atoms with E-state index in [9.17, 15) is 4.57 Å². The Morgan fingerprint density at radius 1 is 0.926 bits per heavy atom. The largest absolute Gasteiger partial charge is 0.524 e. The fourth-order valence-electron chi connectivity index (χ4n) is 0.821. The average molecular weight is 461 g/mol. The van der Waals surface area contributed by atoms with E-state index in [1.54, 1.807) is 27.7 Å². The van der Waals surface area contributed by atoms with Crippen molar-refractivity contribution in [3.63, 3.8) is 0 Å². The van der Waals surface area contributed by atoms with Crippen molar-refractivity contribution in [1.82, 2.24) is 0 Å². The lowest BCUT2D eigenvalue weighted by molar-refractivity contribution is -0.0177. The number of ether oxygens (including phenoxy) is 2. The second kappa shape index (κ2) is 19.4. The molecule has 0 aromatic rings. The zero-order valence-electron chi connectivity index (χ0n) is 15.7. The lowest BCUT2D eigenvalue weighted by Crippen LogP contribution is -2.19. The minimum Gasteiger partial charge on any atom is -0.410 e. The normalized spacial score (nSPS) is 15.1. The van der Waals surface area contributed by atoms with Gasteiger partial charge in [0, 0.05) is 0 Å². The Kier molecular flexibility index (Phi) is 22.7. The van der Waals surface area contributed by atoms with Crippen molar-refractivity contribution >= 4 is 31.0 Å². The van der Waals surface area contributed by atoms with Crippen LogP contribution in [0, 0.1) is 0 Å². The van der Waals surface area contributed by atoms with E-state index in [-0.39, 0.29) is 29.9 Å². The number of phosphoric acid groups is 1. The first-order valence-electron chi connectivity index (χ1n) is 7.81. The van der Waals surface area contributed by atoms with Crippen LogP contribution in [0.3, 0.4) is 0 Å². The van der Waals surface area contributed by atoms with Gasteiger partial charge < -0.3 is 34.4 Å². The second-order valence-corrected chi connectivity index (χ2v) is 7.55. The highest BCUT2D eigenvalue weighted by atomic mass is 35.5. The summed E-state index contributed by atoms with van der Waals surface area (Å²) in [6.45, 7) is 7.39. The third-order valence-corrected chi connectivity index (χ3v) is 2.60. The SMILES string of the molecule is CC(O)COC(C)CO.CC(O)COC(C)CO.O=P(O)(O)OC=C(Cl)Cl. The van der Waals surface area contributed by atoms with Gasteiger partial charge in [-0.15, -0.1) is 0 Å². The zero-order valence-corrected chi connectivity index (χ0v) is 18.1. The van der Waals surface area contributed by atoms with Crippen LogP contribution in [0.1, 0.15) is 27.7 Å². The molecule has 0 aromatic heterocycles. The van der Waals surface area contributed by atoms with Crippen molar-refractivity contribution in [2.24, 2.45) is 0 Å². The highest BCUT2D eigenvalue weighted by molar-refractivity contribution is 7.46. The van der Waals surface area contributed by atoms with Crippen LogP contribution in [0.2, 0.25) is 0 Å². The summed E-state index contributed by atoms with van der Waals surface area (Å²) in [7, 11) is -4.46. The van der Waals surface area contributed by atoms with Gasteiger partial charge in [0.15, 0.2) is 0 Å². The first-order valence-corrected chi connectivity index (χ1v) is 10.1. The molecule has 0 bridgehead atoms. The van der Waals surface area contributed by atoms with Gasteiger partial charge in [0.05, 0.1) is 50.8 Å². The molecular formula is C14H31Cl2O10P. The summed E-state index contributed by atoms with van der Waals surface area (Å²) in [5.74, 6) is 0. The standard InChI is InChI=1S/2C6H14O3.C2H3Cl2O4P/c2*1-5(8)4-9-6(2)3-7;3-2(4)1-8-9(5,6)7/h2*5-8H,3-4H2,1-2H3;1H,(H2,5,6,7). The molecule has 0 rings (SSSR count). The predicted molar refractivity (Wildman–Crippen MR) is 101 cm³/mol. The maximum absolute atomic E-state index is 9.85. The van der Waals surface area contributed by atoms with Crippen molar-refractivity contribution in [3.8, 4) is 0 Å². The summed E-state index contributed by atoms with van der Waals surface area (Å²) < 4.78 is 23.1. The molecular weight excluding hydrogens is 430 g/mol. The van der Waals surface area contributed by atoms with Crippen LogP contribution in [-0.4, -0.2) is 81.1 Å². The van der Waals surface area contributed by atoms with Crippen molar-refractivity contribution in [1.29, 1.82) is 0 Å². The molecule has 0 aliphatic heterocycles. The molecule has 10 nitrogen and oxygen atoms in total. The van der Waals surface area contributed by atoms with Gasteiger partial charge in [-0.05, 0) is 27.7 Å². The highest BCUT2D eigenvalue weighted by Crippen LogP contribution is 2.36. The minimum absolute atomic E-state index is 0.00667. The van der Waals surface area contributed by atoms with E-state index >= 15 is 0 Å². The number of hydrogen-bond acceptors (Lipinski definition) is 8. The molecule has 13 heteroatoms. The Balaban J connectivity index is -0.000000320. The smallest absolute Gasteiger partial charge is 0.410 e. The average Bonchev–Trinajstić information content (AvgIpc) is 2.56.